The first-order valence-electron chi connectivity index (χ1n) is 9.51. The molecule has 8 heteroatoms. The second kappa shape index (κ2) is 8.34. The van der Waals surface area contributed by atoms with E-state index in [0.717, 1.165) is 17.7 Å². The van der Waals surface area contributed by atoms with Gasteiger partial charge in [0.25, 0.3) is 0 Å². The summed E-state index contributed by atoms with van der Waals surface area (Å²) in [7, 11) is 1.43. The van der Waals surface area contributed by atoms with Gasteiger partial charge in [0.05, 0.1) is 24.9 Å². The van der Waals surface area contributed by atoms with Crippen LogP contribution in [-0.2, 0) is 23.1 Å². The third kappa shape index (κ3) is 4.52. The zero-order chi connectivity index (χ0) is 22.2. The summed E-state index contributed by atoms with van der Waals surface area (Å²) in [6, 6.07) is 10.2. The van der Waals surface area contributed by atoms with E-state index in [9.17, 15) is 13.2 Å². The van der Waals surface area contributed by atoms with Crippen LogP contribution in [0.25, 0.3) is 11.1 Å². The van der Waals surface area contributed by atoms with E-state index >= 15 is 0 Å². The molecular weight excluding hydrogens is 450 g/mol. The van der Waals surface area contributed by atoms with Crippen LogP contribution >= 0.6 is 23.2 Å². The van der Waals surface area contributed by atoms with E-state index < -0.39 is 17.3 Å². The van der Waals surface area contributed by atoms with Gasteiger partial charge in [0, 0.05) is 33.6 Å². The summed E-state index contributed by atoms with van der Waals surface area (Å²) in [5, 5.41) is 1.08. The van der Waals surface area contributed by atoms with Crippen LogP contribution in [0.3, 0.4) is 0 Å². The molecule has 0 saturated heterocycles. The molecule has 3 aromatic rings. The van der Waals surface area contributed by atoms with Crippen molar-refractivity contribution in [1.29, 1.82) is 0 Å². The molecule has 1 aromatic heterocycles. The zero-order valence-electron chi connectivity index (χ0n) is 16.5. The average molecular weight is 468 g/mol. The van der Waals surface area contributed by atoms with Crippen LogP contribution in [0.4, 0.5) is 13.2 Å². The summed E-state index contributed by atoms with van der Waals surface area (Å²) in [4.78, 5) is 4.20. The largest absolute Gasteiger partial charge is 0.496 e. The lowest BCUT2D eigenvalue weighted by Crippen LogP contribution is -2.14. The number of benzene rings is 2. The van der Waals surface area contributed by atoms with E-state index in [-0.39, 0.29) is 6.61 Å². The highest BCUT2D eigenvalue weighted by atomic mass is 35.5. The van der Waals surface area contributed by atoms with Crippen molar-refractivity contribution in [3.05, 3.63) is 81.6 Å². The van der Waals surface area contributed by atoms with E-state index in [0.29, 0.717) is 45.3 Å². The highest BCUT2D eigenvalue weighted by molar-refractivity contribution is 6.33. The quantitative estimate of drug-likeness (QED) is 0.381. The average Bonchev–Trinajstić information content (AvgIpc) is 3.54. The second-order valence-electron chi connectivity index (χ2n) is 7.35. The number of aromatic nitrogens is 1. The Morgan fingerprint density at radius 3 is 2.48 bits per heavy atom. The Morgan fingerprint density at radius 1 is 1.03 bits per heavy atom. The zero-order valence-corrected chi connectivity index (χ0v) is 18.0. The number of methoxy groups -OCH3 is 1. The van der Waals surface area contributed by atoms with Gasteiger partial charge in [0.1, 0.15) is 5.75 Å². The van der Waals surface area contributed by atoms with Gasteiger partial charge in [-0.1, -0.05) is 23.2 Å². The highest BCUT2D eigenvalue weighted by Gasteiger charge is 2.48. The summed E-state index contributed by atoms with van der Waals surface area (Å²) < 4.78 is 51.6. The van der Waals surface area contributed by atoms with E-state index in [1.165, 1.54) is 13.2 Å². The fraction of sp³-hybridized carbons (Fsp3) is 0.261. The lowest BCUT2D eigenvalue weighted by atomic mass is 9.94. The van der Waals surface area contributed by atoms with Crippen molar-refractivity contribution in [2.45, 2.75) is 31.2 Å². The highest BCUT2D eigenvalue weighted by Crippen LogP contribution is 2.53. The van der Waals surface area contributed by atoms with Crippen LogP contribution in [0.15, 0.2) is 54.9 Å². The van der Waals surface area contributed by atoms with Gasteiger partial charge in [-0.25, -0.2) is 0 Å². The smallest absolute Gasteiger partial charge is 0.416 e. The summed E-state index contributed by atoms with van der Waals surface area (Å²) in [6.07, 6.45) is 0.145. The number of pyridine rings is 1. The molecule has 1 aliphatic rings. The molecule has 31 heavy (non-hydrogen) atoms. The molecular formula is C23H18Cl2F3NO2. The van der Waals surface area contributed by atoms with Gasteiger partial charge < -0.3 is 9.47 Å². The number of ether oxygens (including phenoxy) is 2. The van der Waals surface area contributed by atoms with Crippen molar-refractivity contribution in [3.8, 4) is 16.9 Å². The molecule has 1 aliphatic carbocycles. The minimum Gasteiger partial charge on any atom is -0.496 e. The number of rotatable bonds is 6. The first-order chi connectivity index (χ1) is 14.7. The Hall–Kier alpha value is -2.28. The molecule has 0 N–H and O–H groups in total. The molecule has 0 aliphatic heterocycles. The van der Waals surface area contributed by atoms with Crippen LogP contribution in [0.2, 0.25) is 10.0 Å². The Morgan fingerprint density at radius 2 is 1.81 bits per heavy atom. The monoisotopic (exact) mass is 467 g/mol. The molecule has 1 heterocycles. The van der Waals surface area contributed by atoms with Crippen molar-refractivity contribution in [1.82, 2.24) is 4.98 Å². The fourth-order valence-corrected chi connectivity index (χ4v) is 3.93. The van der Waals surface area contributed by atoms with Crippen LogP contribution in [0.5, 0.6) is 5.75 Å². The normalized spacial score (nSPS) is 15.0. The SMILES string of the molecule is COc1ccc(C(F)(F)F)cc1-c1ccncc1C1(OCc2cc(Cl)ccc2Cl)CC1. The first-order valence-corrected chi connectivity index (χ1v) is 10.3. The number of halogens is 5. The van der Waals surface area contributed by atoms with E-state index in [1.54, 1.807) is 36.7 Å². The predicted octanol–water partition coefficient (Wildman–Crippen LogP) is 7.29. The van der Waals surface area contributed by atoms with Gasteiger partial charge in [-0.2, -0.15) is 13.2 Å². The predicted molar refractivity (Wildman–Crippen MR) is 113 cm³/mol. The number of hydrogen-bond acceptors (Lipinski definition) is 3. The molecule has 162 valence electrons. The maximum atomic E-state index is 13.3. The topological polar surface area (TPSA) is 31.4 Å². The number of nitrogens with zero attached hydrogens (tertiary/aromatic N) is 1. The molecule has 0 bridgehead atoms. The minimum absolute atomic E-state index is 0.216. The lowest BCUT2D eigenvalue weighted by Gasteiger charge is -2.22. The standard InChI is InChI=1S/C23H18Cl2F3NO2/c1-30-21-5-2-15(23(26,27)28)11-18(21)17-6-9-29-12-19(17)22(7-8-22)31-13-14-10-16(24)3-4-20(14)25/h2-6,9-12H,7-8,13H2,1H3. The molecule has 1 saturated carbocycles. The van der Waals surface area contributed by atoms with Crippen LogP contribution < -0.4 is 4.74 Å². The lowest BCUT2D eigenvalue weighted by molar-refractivity contribution is -0.137. The van der Waals surface area contributed by atoms with Crippen LogP contribution in [0, 0.1) is 0 Å². The second-order valence-corrected chi connectivity index (χ2v) is 8.20. The molecule has 1 fully saturated rings. The molecule has 0 atom stereocenters. The molecule has 0 spiro atoms. The molecule has 0 amide bonds. The Bertz CT molecular complexity index is 1110. The Kier molecular flexibility index (Phi) is 5.90. The fourth-order valence-electron chi connectivity index (χ4n) is 3.56. The van der Waals surface area contributed by atoms with E-state index in [1.807, 2.05) is 0 Å². The van der Waals surface area contributed by atoms with Gasteiger partial charge in [-0.05, 0) is 66.4 Å². The molecule has 3 nitrogen and oxygen atoms in total. The molecule has 2 aromatic carbocycles. The maximum Gasteiger partial charge on any atom is 0.416 e. The maximum absolute atomic E-state index is 13.3. The van der Waals surface area contributed by atoms with E-state index in [4.69, 9.17) is 32.7 Å². The third-order valence-electron chi connectivity index (χ3n) is 5.34. The summed E-state index contributed by atoms with van der Waals surface area (Å²) in [6.45, 7) is 0.216. The van der Waals surface area contributed by atoms with E-state index in [2.05, 4.69) is 4.98 Å². The molecule has 0 radical (unpaired) electrons. The third-order valence-corrected chi connectivity index (χ3v) is 5.95. The Labute approximate surface area is 187 Å². The first kappa shape index (κ1) is 21.9. The van der Waals surface area contributed by atoms with Gasteiger partial charge >= 0.3 is 6.18 Å². The van der Waals surface area contributed by atoms with Gasteiger partial charge in [0.15, 0.2) is 0 Å². The van der Waals surface area contributed by atoms with Gasteiger partial charge in [0.2, 0.25) is 0 Å². The van der Waals surface area contributed by atoms with Crippen LogP contribution in [0.1, 0.15) is 29.5 Å². The summed E-state index contributed by atoms with van der Waals surface area (Å²) >= 11 is 12.3. The van der Waals surface area contributed by atoms with Gasteiger partial charge in [-0.3, -0.25) is 4.98 Å². The molecule has 4 rings (SSSR count). The Balaban J connectivity index is 1.72. The number of alkyl halides is 3. The van der Waals surface area contributed by atoms with Crippen LogP contribution in [-0.4, -0.2) is 12.1 Å². The van der Waals surface area contributed by atoms with Crippen molar-refractivity contribution >= 4 is 23.2 Å². The minimum atomic E-state index is -4.47. The van der Waals surface area contributed by atoms with Crippen molar-refractivity contribution < 1.29 is 22.6 Å². The summed E-state index contributed by atoms with van der Waals surface area (Å²) in [5.41, 5.74) is 0.975. The van der Waals surface area contributed by atoms with Gasteiger partial charge in [-0.15, -0.1) is 0 Å². The van der Waals surface area contributed by atoms with Crippen molar-refractivity contribution in [2.75, 3.05) is 7.11 Å². The van der Waals surface area contributed by atoms with Crippen molar-refractivity contribution in [3.63, 3.8) is 0 Å². The summed E-state index contributed by atoms with van der Waals surface area (Å²) in [5.74, 6) is 0.342. The number of hydrogen-bond donors (Lipinski definition) is 0. The van der Waals surface area contributed by atoms with Crippen molar-refractivity contribution in [2.24, 2.45) is 0 Å². The molecule has 0 unspecified atom stereocenters.